The van der Waals surface area contributed by atoms with Crippen LogP contribution in [0.15, 0.2) is 47.6 Å². The van der Waals surface area contributed by atoms with Crippen molar-refractivity contribution in [3.8, 4) is 5.75 Å². The second kappa shape index (κ2) is 5.95. The fourth-order valence-corrected chi connectivity index (χ4v) is 2.30. The number of nitrogens with zero attached hydrogens (tertiary/aromatic N) is 2. The summed E-state index contributed by atoms with van der Waals surface area (Å²) in [5, 5.41) is 15.8. The van der Waals surface area contributed by atoms with Crippen LogP contribution in [0.5, 0.6) is 5.75 Å². The number of hydrogen-bond donors (Lipinski definition) is 1. The number of benzene rings is 2. The predicted octanol–water partition coefficient (Wildman–Crippen LogP) is 0.978. The topological polar surface area (TPSA) is 79.2 Å². The van der Waals surface area contributed by atoms with Gasteiger partial charge in [0, 0.05) is 5.39 Å². The van der Waals surface area contributed by atoms with Crippen LogP contribution in [-0.2, 0) is 9.59 Å². The van der Waals surface area contributed by atoms with Gasteiger partial charge in [0.15, 0.2) is 0 Å². The molecule has 2 aromatic rings. The van der Waals surface area contributed by atoms with E-state index in [9.17, 15) is 9.59 Å². The van der Waals surface area contributed by atoms with Gasteiger partial charge in [-0.3, -0.25) is 9.59 Å². The van der Waals surface area contributed by atoms with Crippen molar-refractivity contribution in [3.05, 3.63) is 42.5 Å². The first-order valence-corrected chi connectivity index (χ1v) is 6.86. The van der Waals surface area contributed by atoms with Crippen LogP contribution in [0.1, 0.15) is 0 Å². The van der Waals surface area contributed by atoms with Crippen molar-refractivity contribution in [2.45, 2.75) is 0 Å². The maximum Gasteiger partial charge on any atom is 0.316 e. The van der Waals surface area contributed by atoms with Crippen molar-refractivity contribution in [2.24, 2.45) is 5.10 Å². The molecular formula is C16H14N2O4. The number of Topliss-reactive ketones (excluding diaryl/α,β-unsaturated/α-hetero) is 1. The first-order valence-electron chi connectivity index (χ1n) is 6.86. The van der Waals surface area contributed by atoms with Gasteiger partial charge < -0.3 is 9.84 Å². The van der Waals surface area contributed by atoms with Crippen LogP contribution < -0.4 is 4.74 Å². The lowest BCUT2D eigenvalue weighted by Gasteiger charge is -2.13. The lowest BCUT2D eigenvalue weighted by atomic mass is 10.1. The normalized spacial score (nSPS) is 14.6. The van der Waals surface area contributed by atoms with Gasteiger partial charge in [-0.25, -0.2) is 5.01 Å². The molecule has 0 saturated heterocycles. The molecule has 1 N–H and O–H groups in total. The molecule has 3 rings (SSSR count). The molecular weight excluding hydrogens is 284 g/mol. The second-order valence-corrected chi connectivity index (χ2v) is 4.79. The van der Waals surface area contributed by atoms with E-state index in [-0.39, 0.29) is 18.9 Å². The summed E-state index contributed by atoms with van der Waals surface area (Å²) in [5.74, 6) is -0.777. The average Bonchev–Trinajstić information content (AvgIpc) is 2.83. The Balaban J connectivity index is 1.67. The average molecular weight is 298 g/mol. The van der Waals surface area contributed by atoms with Crippen molar-refractivity contribution >= 4 is 28.2 Å². The minimum absolute atomic E-state index is 0.129. The van der Waals surface area contributed by atoms with Crippen molar-refractivity contribution in [1.29, 1.82) is 0 Å². The number of ether oxygens (including phenoxy) is 1. The fraction of sp³-hybridized carbons (Fsp3) is 0.188. The lowest BCUT2D eigenvalue weighted by molar-refractivity contribution is -0.139. The van der Waals surface area contributed by atoms with Gasteiger partial charge in [-0.2, -0.15) is 5.10 Å². The summed E-state index contributed by atoms with van der Waals surface area (Å²) in [5.41, 5.74) is -0.129. The summed E-state index contributed by atoms with van der Waals surface area (Å²) < 4.78 is 5.70. The smallest absolute Gasteiger partial charge is 0.316 e. The molecule has 0 spiro atoms. The van der Waals surface area contributed by atoms with Gasteiger partial charge in [0.05, 0.1) is 13.2 Å². The number of carbonyl (C=O) groups is 2. The molecule has 0 aromatic heterocycles. The summed E-state index contributed by atoms with van der Waals surface area (Å²) in [7, 11) is 0. The monoisotopic (exact) mass is 298 g/mol. The van der Waals surface area contributed by atoms with Crippen molar-refractivity contribution in [3.63, 3.8) is 0 Å². The first kappa shape index (κ1) is 14.2. The minimum Gasteiger partial charge on any atom is -0.491 e. The van der Waals surface area contributed by atoms with E-state index in [1.807, 2.05) is 42.5 Å². The van der Waals surface area contributed by atoms with Gasteiger partial charge in [-0.1, -0.05) is 36.4 Å². The molecule has 2 aromatic carbocycles. The molecule has 1 aliphatic rings. The number of aliphatic hydroxyl groups excluding tert-OH is 1. The van der Waals surface area contributed by atoms with Gasteiger partial charge in [0.1, 0.15) is 18.1 Å². The molecule has 0 unspecified atom stereocenters. The molecule has 0 saturated carbocycles. The third-order valence-corrected chi connectivity index (χ3v) is 3.39. The predicted molar refractivity (Wildman–Crippen MR) is 80.7 cm³/mol. The number of carbonyl (C=O) groups excluding carboxylic acids is 2. The Morgan fingerprint density at radius 1 is 1.09 bits per heavy atom. The number of hydrazone groups is 1. The van der Waals surface area contributed by atoms with Crippen LogP contribution in [0.25, 0.3) is 10.8 Å². The Hall–Kier alpha value is -2.73. The minimum atomic E-state index is -0.757. The van der Waals surface area contributed by atoms with Crippen molar-refractivity contribution in [2.75, 3.05) is 19.8 Å². The Morgan fingerprint density at radius 2 is 1.86 bits per heavy atom. The van der Waals surface area contributed by atoms with Crippen molar-refractivity contribution < 1.29 is 19.4 Å². The molecule has 112 valence electrons. The molecule has 6 heteroatoms. The maximum atomic E-state index is 11.6. The van der Waals surface area contributed by atoms with E-state index in [1.165, 1.54) is 0 Å². The molecule has 1 amide bonds. The summed E-state index contributed by atoms with van der Waals surface area (Å²) in [6.45, 7) is -0.183. The van der Waals surface area contributed by atoms with E-state index < -0.39 is 18.3 Å². The van der Waals surface area contributed by atoms with E-state index in [0.717, 1.165) is 15.8 Å². The summed E-state index contributed by atoms with van der Waals surface area (Å²) in [6, 6.07) is 13.6. The van der Waals surface area contributed by atoms with E-state index in [1.54, 1.807) is 0 Å². The highest BCUT2D eigenvalue weighted by Gasteiger charge is 2.32. The Morgan fingerprint density at radius 3 is 2.64 bits per heavy atom. The Bertz CT molecular complexity index is 764. The summed E-state index contributed by atoms with van der Waals surface area (Å²) in [6.07, 6.45) is 0. The fourth-order valence-electron chi connectivity index (χ4n) is 2.30. The van der Waals surface area contributed by atoms with Crippen LogP contribution in [0, 0.1) is 0 Å². The van der Waals surface area contributed by atoms with Gasteiger partial charge in [-0.05, 0) is 11.5 Å². The molecule has 0 aliphatic carbocycles. The zero-order chi connectivity index (χ0) is 15.5. The number of rotatable bonds is 5. The zero-order valence-electron chi connectivity index (χ0n) is 11.7. The van der Waals surface area contributed by atoms with Crippen LogP contribution in [-0.4, -0.2) is 47.3 Å². The second-order valence-electron chi connectivity index (χ2n) is 4.79. The van der Waals surface area contributed by atoms with Crippen LogP contribution in [0.4, 0.5) is 0 Å². The third kappa shape index (κ3) is 2.56. The Kier molecular flexibility index (Phi) is 3.84. The highest BCUT2D eigenvalue weighted by atomic mass is 16.5. The quantitative estimate of drug-likeness (QED) is 0.835. The molecule has 0 radical (unpaired) electrons. The molecule has 22 heavy (non-hydrogen) atoms. The number of aliphatic hydroxyl groups is 1. The number of ketones is 1. The largest absolute Gasteiger partial charge is 0.491 e. The zero-order valence-corrected chi connectivity index (χ0v) is 11.7. The van der Waals surface area contributed by atoms with Crippen molar-refractivity contribution in [1.82, 2.24) is 5.01 Å². The Labute approximate surface area is 126 Å². The van der Waals surface area contributed by atoms with E-state index in [2.05, 4.69) is 5.10 Å². The van der Waals surface area contributed by atoms with Gasteiger partial charge in [0.2, 0.25) is 0 Å². The van der Waals surface area contributed by atoms with Crippen LogP contribution in [0.3, 0.4) is 0 Å². The summed E-state index contributed by atoms with van der Waals surface area (Å²) >= 11 is 0. The molecule has 1 heterocycles. The highest BCUT2D eigenvalue weighted by Crippen LogP contribution is 2.25. The molecule has 0 bridgehead atoms. The molecule has 1 aliphatic heterocycles. The molecule has 0 fully saturated rings. The maximum absolute atomic E-state index is 11.6. The van der Waals surface area contributed by atoms with Gasteiger partial charge in [0.25, 0.3) is 5.78 Å². The van der Waals surface area contributed by atoms with Gasteiger partial charge in [-0.15, -0.1) is 0 Å². The molecule has 6 nitrogen and oxygen atoms in total. The number of amides is 1. The highest BCUT2D eigenvalue weighted by molar-refractivity contribution is 6.66. The van der Waals surface area contributed by atoms with E-state index in [0.29, 0.717) is 5.75 Å². The number of hydrogen-bond acceptors (Lipinski definition) is 5. The lowest BCUT2D eigenvalue weighted by Crippen LogP contribution is -2.31. The molecule has 0 atom stereocenters. The standard InChI is InChI=1S/C16H14N2O4/c19-10-13-15(20)16(21)18(17-13)8-9-22-14-7-3-5-11-4-1-2-6-12(11)14/h1-7,19H,8-10H2. The van der Waals surface area contributed by atoms with Crippen LogP contribution >= 0.6 is 0 Å². The van der Waals surface area contributed by atoms with Crippen LogP contribution in [0.2, 0.25) is 0 Å². The van der Waals surface area contributed by atoms with Gasteiger partial charge >= 0.3 is 5.91 Å². The third-order valence-electron chi connectivity index (χ3n) is 3.39. The summed E-state index contributed by atoms with van der Waals surface area (Å²) in [4.78, 5) is 23.1. The van der Waals surface area contributed by atoms with E-state index >= 15 is 0 Å². The SMILES string of the molecule is O=C1C(=O)N(CCOc2cccc3ccccc23)N=C1CO. The van der Waals surface area contributed by atoms with E-state index in [4.69, 9.17) is 9.84 Å². The first-order chi connectivity index (χ1) is 10.7. The number of fused-ring (bicyclic) bond motifs is 1.